The highest BCUT2D eigenvalue weighted by atomic mass is 19.4. The van der Waals surface area contributed by atoms with Crippen molar-refractivity contribution in [1.29, 1.82) is 0 Å². The highest BCUT2D eigenvalue weighted by Gasteiger charge is 2.40. The van der Waals surface area contributed by atoms with Gasteiger partial charge < -0.3 is 9.52 Å². The summed E-state index contributed by atoms with van der Waals surface area (Å²) < 4.78 is 45.0. The molecular formula is C15H16F3N3O2. The number of nitrogens with zero attached hydrogens (tertiary/aromatic N) is 3. The summed E-state index contributed by atoms with van der Waals surface area (Å²) in [5, 5.41) is 17.5. The van der Waals surface area contributed by atoms with E-state index in [1.165, 1.54) is 12.1 Å². The van der Waals surface area contributed by atoms with Crippen molar-refractivity contribution >= 4 is 0 Å². The number of benzene rings is 1. The smallest absolute Gasteiger partial charge is 0.416 e. The number of hydrogen-bond donors (Lipinski definition) is 1. The number of hydrogen-bond acceptors (Lipinski definition) is 5. The molecule has 1 aromatic heterocycles. The lowest BCUT2D eigenvalue weighted by Crippen LogP contribution is -2.26. The quantitative estimate of drug-likeness (QED) is 0.939. The van der Waals surface area contributed by atoms with Crippen LogP contribution in [0.5, 0.6) is 0 Å². The van der Waals surface area contributed by atoms with Crippen LogP contribution in [0.15, 0.2) is 28.7 Å². The molecule has 0 spiro atoms. The van der Waals surface area contributed by atoms with Gasteiger partial charge in [0.25, 0.3) is 0 Å². The zero-order valence-corrected chi connectivity index (χ0v) is 12.4. The fraction of sp³-hybridized carbons (Fsp3) is 0.467. The van der Waals surface area contributed by atoms with Gasteiger partial charge in [-0.1, -0.05) is 18.2 Å². The molecule has 0 saturated carbocycles. The number of aliphatic hydroxyl groups excluding tert-OH is 1. The Morgan fingerprint density at radius 1 is 1.30 bits per heavy atom. The molecule has 1 aliphatic rings. The third-order valence-corrected chi connectivity index (χ3v) is 3.91. The first kappa shape index (κ1) is 15.9. The summed E-state index contributed by atoms with van der Waals surface area (Å²) in [5.74, 6) is 0.720. The van der Waals surface area contributed by atoms with Gasteiger partial charge in [0.15, 0.2) is 0 Å². The maximum Gasteiger partial charge on any atom is 0.416 e. The van der Waals surface area contributed by atoms with Gasteiger partial charge >= 0.3 is 6.18 Å². The molecule has 0 radical (unpaired) electrons. The average molecular weight is 327 g/mol. The summed E-state index contributed by atoms with van der Waals surface area (Å²) in [6.07, 6.45) is -4.89. The minimum atomic E-state index is -4.43. The zero-order chi connectivity index (χ0) is 16.6. The largest absolute Gasteiger partial charge is 0.424 e. The van der Waals surface area contributed by atoms with E-state index in [-0.39, 0.29) is 25.1 Å². The Morgan fingerprint density at radius 2 is 2.04 bits per heavy atom. The fourth-order valence-corrected chi connectivity index (χ4v) is 3.00. The number of rotatable bonds is 3. The Balaban J connectivity index is 1.91. The predicted molar refractivity (Wildman–Crippen MR) is 74.3 cm³/mol. The standard InChI is InChI=1S/C15H16F3N3O2/c1-9-19-20-14(23-9)8-21-7-10(22)6-13(21)11-4-2-3-5-12(11)15(16,17)18/h2-5,10,13,22H,6-8H2,1H3/t10-,13-/m1/s1. The Kier molecular flexibility index (Phi) is 4.11. The molecule has 0 unspecified atom stereocenters. The summed E-state index contributed by atoms with van der Waals surface area (Å²) in [5.41, 5.74) is -0.515. The number of likely N-dealkylation sites (tertiary alicyclic amines) is 1. The molecule has 0 bridgehead atoms. The topological polar surface area (TPSA) is 62.4 Å². The van der Waals surface area contributed by atoms with Crippen LogP contribution in [0.1, 0.15) is 35.4 Å². The molecule has 1 saturated heterocycles. The third kappa shape index (κ3) is 3.37. The molecule has 2 aromatic rings. The third-order valence-electron chi connectivity index (χ3n) is 3.91. The average Bonchev–Trinajstić information content (AvgIpc) is 3.04. The van der Waals surface area contributed by atoms with Crippen molar-refractivity contribution in [2.45, 2.75) is 38.2 Å². The first-order valence-corrected chi connectivity index (χ1v) is 7.22. The molecule has 1 N–H and O–H groups in total. The molecule has 8 heteroatoms. The van der Waals surface area contributed by atoms with Crippen LogP contribution >= 0.6 is 0 Å². The first-order chi connectivity index (χ1) is 10.8. The summed E-state index contributed by atoms with van der Waals surface area (Å²) in [4.78, 5) is 1.74. The maximum atomic E-state index is 13.2. The van der Waals surface area contributed by atoms with Crippen LogP contribution in [0.2, 0.25) is 0 Å². The van der Waals surface area contributed by atoms with Crippen molar-refractivity contribution < 1.29 is 22.7 Å². The van der Waals surface area contributed by atoms with Gasteiger partial charge in [0.1, 0.15) is 0 Å². The Morgan fingerprint density at radius 3 is 2.70 bits per heavy atom. The molecule has 1 aliphatic heterocycles. The number of halogens is 3. The monoisotopic (exact) mass is 327 g/mol. The van der Waals surface area contributed by atoms with Crippen LogP contribution in [-0.2, 0) is 12.7 Å². The van der Waals surface area contributed by atoms with Gasteiger partial charge in [0, 0.05) is 19.5 Å². The number of aliphatic hydroxyl groups is 1. The second-order valence-electron chi connectivity index (χ2n) is 5.63. The van der Waals surface area contributed by atoms with E-state index in [0.29, 0.717) is 11.8 Å². The highest BCUT2D eigenvalue weighted by Crippen LogP contribution is 2.40. The summed E-state index contributed by atoms with van der Waals surface area (Å²) in [6.45, 7) is 2.11. The lowest BCUT2D eigenvalue weighted by Gasteiger charge is -2.25. The molecule has 0 amide bonds. The van der Waals surface area contributed by atoms with E-state index >= 15 is 0 Å². The molecule has 2 heterocycles. The van der Waals surface area contributed by atoms with Crippen molar-refractivity contribution in [1.82, 2.24) is 15.1 Å². The second-order valence-corrected chi connectivity index (χ2v) is 5.63. The summed E-state index contributed by atoms with van der Waals surface area (Å²) in [7, 11) is 0. The lowest BCUT2D eigenvalue weighted by atomic mass is 9.97. The van der Waals surface area contributed by atoms with E-state index < -0.39 is 23.9 Å². The maximum absolute atomic E-state index is 13.2. The molecule has 1 fully saturated rings. The first-order valence-electron chi connectivity index (χ1n) is 7.22. The Bertz CT molecular complexity index is 687. The SMILES string of the molecule is Cc1nnc(CN2C[C@H](O)C[C@@H]2c2ccccc2C(F)(F)F)o1. The van der Waals surface area contributed by atoms with Gasteiger partial charge in [-0.3, -0.25) is 4.90 Å². The van der Waals surface area contributed by atoms with E-state index in [1.807, 2.05) is 0 Å². The van der Waals surface area contributed by atoms with Crippen molar-refractivity contribution in [2.75, 3.05) is 6.54 Å². The van der Waals surface area contributed by atoms with Gasteiger partial charge in [-0.15, -0.1) is 10.2 Å². The zero-order valence-electron chi connectivity index (χ0n) is 12.4. The Hall–Kier alpha value is -1.93. The molecule has 124 valence electrons. The normalized spacial score (nSPS) is 22.7. The summed E-state index contributed by atoms with van der Waals surface area (Å²) in [6, 6.07) is 4.91. The van der Waals surface area contributed by atoms with Crippen LogP contribution in [0.25, 0.3) is 0 Å². The van der Waals surface area contributed by atoms with Crippen LogP contribution in [0.3, 0.4) is 0 Å². The molecule has 3 rings (SSSR count). The van der Waals surface area contributed by atoms with Crippen molar-refractivity contribution in [3.05, 3.63) is 47.2 Å². The van der Waals surface area contributed by atoms with E-state index in [4.69, 9.17) is 4.42 Å². The van der Waals surface area contributed by atoms with Crippen molar-refractivity contribution in [2.24, 2.45) is 0 Å². The number of aryl methyl sites for hydroxylation is 1. The van der Waals surface area contributed by atoms with Crippen LogP contribution in [0, 0.1) is 6.92 Å². The number of β-amino-alcohol motifs (C(OH)–C–C–N with tert-alkyl or cyclic N) is 1. The minimum absolute atomic E-state index is 0.160. The van der Waals surface area contributed by atoms with Gasteiger partial charge in [-0.25, -0.2) is 0 Å². The highest BCUT2D eigenvalue weighted by molar-refractivity contribution is 5.33. The molecule has 1 aromatic carbocycles. The van der Waals surface area contributed by atoms with Gasteiger partial charge in [-0.05, 0) is 18.1 Å². The van der Waals surface area contributed by atoms with Crippen molar-refractivity contribution in [3.63, 3.8) is 0 Å². The van der Waals surface area contributed by atoms with Crippen LogP contribution < -0.4 is 0 Å². The number of aromatic nitrogens is 2. The van der Waals surface area contributed by atoms with E-state index in [0.717, 1.165) is 6.07 Å². The van der Waals surface area contributed by atoms with Crippen molar-refractivity contribution in [3.8, 4) is 0 Å². The fourth-order valence-electron chi connectivity index (χ4n) is 3.00. The second kappa shape index (κ2) is 5.93. The van der Waals surface area contributed by atoms with E-state index in [1.54, 1.807) is 17.9 Å². The predicted octanol–water partition coefficient (Wildman–Crippen LogP) is 2.70. The molecule has 0 aliphatic carbocycles. The van der Waals surface area contributed by atoms with E-state index in [9.17, 15) is 18.3 Å². The van der Waals surface area contributed by atoms with Gasteiger partial charge in [0.2, 0.25) is 11.8 Å². The number of alkyl halides is 3. The molecular weight excluding hydrogens is 311 g/mol. The summed E-state index contributed by atoms with van der Waals surface area (Å²) >= 11 is 0. The Labute approximate surface area is 130 Å². The van der Waals surface area contributed by atoms with Crippen LogP contribution in [0.4, 0.5) is 13.2 Å². The molecule has 23 heavy (non-hydrogen) atoms. The van der Waals surface area contributed by atoms with Gasteiger partial charge in [0.05, 0.1) is 18.2 Å². The molecule has 2 atom stereocenters. The molecule has 5 nitrogen and oxygen atoms in total. The van der Waals surface area contributed by atoms with Gasteiger partial charge in [-0.2, -0.15) is 13.2 Å². The van der Waals surface area contributed by atoms with Crippen LogP contribution in [-0.4, -0.2) is 32.9 Å². The lowest BCUT2D eigenvalue weighted by molar-refractivity contribution is -0.138. The minimum Gasteiger partial charge on any atom is -0.424 e. The van der Waals surface area contributed by atoms with E-state index in [2.05, 4.69) is 10.2 Å².